The van der Waals surface area contributed by atoms with Crippen molar-refractivity contribution < 1.29 is 4.79 Å². The summed E-state index contributed by atoms with van der Waals surface area (Å²) in [5.41, 5.74) is 4.19. The fourth-order valence-electron chi connectivity index (χ4n) is 1.86. The van der Waals surface area contributed by atoms with Gasteiger partial charge in [0.25, 0.3) is 0 Å². The second-order valence-electron chi connectivity index (χ2n) is 4.20. The predicted octanol–water partition coefficient (Wildman–Crippen LogP) is 1.92. The molecule has 1 heterocycles. The Hall–Kier alpha value is -1.53. The maximum atomic E-state index is 11.3. The van der Waals surface area contributed by atoms with Crippen molar-refractivity contribution in [1.29, 1.82) is 0 Å². The number of hydrogen-bond acceptors (Lipinski definition) is 4. The average molecular weight is 278 g/mol. The van der Waals surface area contributed by atoms with Gasteiger partial charge in [0, 0.05) is 18.7 Å². The molecule has 0 saturated carbocycles. The number of rotatable bonds is 6. The SMILES string of the molecule is CCCSc1nc2ccccc2n1CCC(=O)NN. The zero-order valence-corrected chi connectivity index (χ0v) is 11.7. The number of nitrogens with zero attached hydrogens (tertiary/aromatic N) is 2. The van der Waals surface area contributed by atoms with Crippen LogP contribution in [0.3, 0.4) is 0 Å². The van der Waals surface area contributed by atoms with Crippen LogP contribution in [0.25, 0.3) is 11.0 Å². The normalized spacial score (nSPS) is 10.8. The van der Waals surface area contributed by atoms with E-state index in [0.717, 1.165) is 28.4 Å². The van der Waals surface area contributed by atoms with Crippen molar-refractivity contribution in [2.24, 2.45) is 5.84 Å². The number of carbonyl (C=O) groups is 1. The molecule has 3 N–H and O–H groups in total. The maximum Gasteiger partial charge on any atom is 0.235 e. The molecule has 0 aliphatic heterocycles. The second-order valence-corrected chi connectivity index (χ2v) is 5.26. The molecule has 0 unspecified atom stereocenters. The minimum atomic E-state index is -0.163. The molecule has 0 radical (unpaired) electrons. The Kier molecular flexibility index (Phi) is 4.81. The summed E-state index contributed by atoms with van der Waals surface area (Å²) in [5.74, 6) is 5.97. The van der Waals surface area contributed by atoms with Gasteiger partial charge in [-0.3, -0.25) is 10.2 Å². The predicted molar refractivity (Wildman–Crippen MR) is 77.7 cm³/mol. The van der Waals surface area contributed by atoms with Crippen molar-refractivity contribution in [2.45, 2.75) is 31.5 Å². The number of hydrazine groups is 1. The Morgan fingerprint density at radius 1 is 1.47 bits per heavy atom. The first-order valence-electron chi connectivity index (χ1n) is 6.33. The van der Waals surface area contributed by atoms with Gasteiger partial charge in [0.05, 0.1) is 11.0 Å². The van der Waals surface area contributed by atoms with Crippen LogP contribution in [0.2, 0.25) is 0 Å². The largest absolute Gasteiger partial charge is 0.318 e. The van der Waals surface area contributed by atoms with E-state index in [1.165, 1.54) is 0 Å². The number of thioether (sulfide) groups is 1. The first-order chi connectivity index (χ1) is 9.26. The molecule has 0 atom stereocenters. The highest BCUT2D eigenvalue weighted by Gasteiger charge is 2.11. The molecule has 0 aliphatic carbocycles. The van der Waals surface area contributed by atoms with Gasteiger partial charge in [-0.05, 0) is 18.6 Å². The van der Waals surface area contributed by atoms with Gasteiger partial charge in [-0.2, -0.15) is 0 Å². The van der Waals surface area contributed by atoms with Crippen LogP contribution in [0, 0.1) is 0 Å². The van der Waals surface area contributed by atoms with Crippen molar-refractivity contribution in [3.8, 4) is 0 Å². The lowest BCUT2D eigenvalue weighted by molar-refractivity contribution is -0.121. The van der Waals surface area contributed by atoms with Crippen LogP contribution in [0.15, 0.2) is 29.4 Å². The van der Waals surface area contributed by atoms with Crippen molar-refractivity contribution in [3.63, 3.8) is 0 Å². The molecule has 102 valence electrons. The smallest absolute Gasteiger partial charge is 0.235 e. The topological polar surface area (TPSA) is 72.9 Å². The lowest BCUT2D eigenvalue weighted by atomic mass is 10.3. The molecule has 1 amide bonds. The van der Waals surface area contributed by atoms with Crippen LogP contribution in [-0.2, 0) is 11.3 Å². The number of para-hydroxylation sites is 2. The van der Waals surface area contributed by atoms with E-state index in [2.05, 4.69) is 21.9 Å². The fourth-order valence-corrected chi connectivity index (χ4v) is 2.75. The third kappa shape index (κ3) is 3.27. The highest BCUT2D eigenvalue weighted by Crippen LogP contribution is 2.24. The van der Waals surface area contributed by atoms with Crippen LogP contribution < -0.4 is 11.3 Å². The lowest BCUT2D eigenvalue weighted by Crippen LogP contribution is -2.30. The summed E-state index contributed by atoms with van der Waals surface area (Å²) in [6.07, 6.45) is 1.45. The van der Waals surface area contributed by atoms with Gasteiger partial charge in [-0.25, -0.2) is 10.8 Å². The summed E-state index contributed by atoms with van der Waals surface area (Å²) < 4.78 is 2.09. The van der Waals surface area contributed by atoms with Gasteiger partial charge in [-0.1, -0.05) is 30.8 Å². The highest BCUT2D eigenvalue weighted by atomic mass is 32.2. The van der Waals surface area contributed by atoms with Crippen LogP contribution >= 0.6 is 11.8 Å². The fraction of sp³-hybridized carbons (Fsp3) is 0.385. The molecule has 2 aromatic rings. The number of nitrogens with two attached hydrogens (primary N) is 1. The molecule has 1 aromatic carbocycles. The Morgan fingerprint density at radius 2 is 2.26 bits per heavy atom. The molecule has 0 fully saturated rings. The highest BCUT2D eigenvalue weighted by molar-refractivity contribution is 7.99. The summed E-state index contributed by atoms with van der Waals surface area (Å²) in [5, 5.41) is 0.966. The van der Waals surface area contributed by atoms with E-state index in [4.69, 9.17) is 5.84 Å². The minimum Gasteiger partial charge on any atom is -0.318 e. The van der Waals surface area contributed by atoms with Gasteiger partial charge in [0.2, 0.25) is 5.91 Å². The molecule has 0 spiro atoms. The maximum absolute atomic E-state index is 11.3. The Morgan fingerprint density at radius 3 is 3.00 bits per heavy atom. The second kappa shape index (κ2) is 6.58. The van der Waals surface area contributed by atoms with Gasteiger partial charge < -0.3 is 4.57 Å². The molecule has 5 nitrogen and oxygen atoms in total. The third-order valence-electron chi connectivity index (χ3n) is 2.78. The molecule has 6 heteroatoms. The Labute approximate surface area is 116 Å². The van der Waals surface area contributed by atoms with Crippen molar-refractivity contribution in [3.05, 3.63) is 24.3 Å². The number of carbonyl (C=O) groups excluding carboxylic acids is 1. The van der Waals surface area contributed by atoms with E-state index >= 15 is 0 Å². The summed E-state index contributed by atoms with van der Waals surface area (Å²) in [6, 6.07) is 7.97. The van der Waals surface area contributed by atoms with Gasteiger partial charge >= 0.3 is 0 Å². The monoisotopic (exact) mass is 278 g/mol. The molecule has 1 aromatic heterocycles. The minimum absolute atomic E-state index is 0.163. The third-order valence-corrected chi connectivity index (χ3v) is 3.96. The Balaban J connectivity index is 2.28. The molecular weight excluding hydrogens is 260 g/mol. The Bertz CT molecular complexity index is 567. The van der Waals surface area contributed by atoms with Crippen LogP contribution in [0.1, 0.15) is 19.8 Å². The first-order valence-corrected chi connectivity index (χ1v) is 7.32. The van der Waals surface area contributed by atoms with E-state index in [1.54, 1.807) is 11.8 Å². The van der Waals surface area contributed by atoms with E-state index in [-0.39, 0.29) is 5.91 Å². The standard InChI is InChI=1S/C13H18N4OS/c1-2-9-19-13-15-10-5-3-4-6-11(10)17(13)8-7-12(18)16-14/h3-6H,2,7-9,14H2,1H3,(H,16,18). The van der Waals surface area contributed by atoms with Gasteiger partial charge in [-0.15, -0.1) is 0 Å². The van der Waals surface area contributed by atoms with Crippen LogP contribution in [-0.4, -0.2) is 21.2 Å². The number of aromatic nitrogens is 2. The first kappa shape index (κ1) is 13.9. The zero-order valence-electron chi connectivity index (χ0n) is 10.9. The summed E-state index contributed by atoms with van der Waals surface area (Å²) in [4.78, 5) is 15.9. The average Bonchev–Trinajstić information content (AvgIpc) is 2.80. The number of nitrogens with one attached hydrogen (secondary N) is 1. The number of imidazole rings is 1. The molecule has 0 bridgehead atoms. The molecule has 0 aliphatic rings. The van der Waals surface area contributed by atoms with E-state index in [0.29, 0.717) is 13.0 Å². The number of hydrogen-bond donors (Lipinski definition) is 2. The van der Waals surface area contributed by atoms with E-state index < -0.39 is 0 Å². The van der Waals surface area contributed by atoms with Gasteiger partial charge in [0.15, 0.2) is 5.16 Å². The number of aryl methyl sites for hydroxylation is 1. The molecular formula is C13H18N4OS. The van der Waals surface area contributed by atoms with Crippen molar-refractivity contribution in [2.75, 3.05) is 5.75 Å². The van der Waals surface area contributed by atoms with Gasteiger partial charge in [0.1, 0.15) is 0 Å². The number of benzene rings is 1. The van der Waals surface area contributed by atoms with Crippen LogP contribution in [0.4, 0.5) is 0 Å². The van der Waals surface area contributed by atoms with Crippen molar-refractivity contribution in [1.82, 2.24) is 15.0 Å². The number of fused-ring (bicyclic) bond motifs is 1. The quantitative estimate of drug-likeness (QED) is 0.366. The summed E-state index contributed by atoms with van der Waals surface area (Å²) in [7, 11) is 0. The summed E-state index contributed by atoms with van der Waals surface area (Å²) in [6.45, 7) is 2.73. The lowest BCUT2D eigenvalue weighted by Gasteiger charge is -2.07. The van der Waals surface area contributed by atoms with Crippen molar-refractivity contribution >= 4 is 28.7 Å². The van der Waals surface area contributed by atoms with Crippen LogP contribution in [0.5, 0.6) is 0 Å². The number of amides is 1. The molecule has 19 heavy (non-hydrogen) atoms. The molecule has 2 rings (SSSR count). The summed E-state index contributed by atoms with van der Waals surface area (Å²) >= 11 is 1.72. The van der Waals surface area contributed by atoms with E-state index in [1.807, 2.05) is 24.3 Å². The molecule has 0 saturated heterocycles. The van der Waals surface area contributed by atoms with E-state index in [9.17, 15) is 4.79 Å². The zero-order chi connectivity index (χ0) is 13.7.